The van der Waals surface area contributed by atoms with E-state index in [2.05, 4.69) is 17.6 Å². The number of ether oxygens (including phenoxy) is 1. The molecule has 4 rings (SSSR count). The zero-order chi connectivity index (χ0) is 24.4. The fraction of sp³-hybridized carbons (Fsp3) is 0.250. The Morgan fingerprint density at radius 3 is 2.68 bits per heavy atom. The highest BCUT2D eigenvalue weighted by Crippen LogP contribution is 2.41. The van der Waals surface area contributed by atoms with Crippen molar-refractivity contribution < 1.29 is 19.2 Å². The third-order valence-electron chi connectivity index (χ3n) is 5.73. The average molecular weight is 500 g/mol. The van der Waals surface area contributed by atoms with Crippen molar-refractivity contribution in [3.05, 3.63) is 79.2 Å². The minimum atomic E-state index is -0.619. The molecule has 34 heavy (non-hydrogen) atoms. The topological polar surface area (TPSA) is 111 Å². The Kier molecular flexibility index (Phi) is 6.85. The van der Waals surface area contributed by atoms with E-state index in [1.165, 1.54) is 30.6 Å². The van der Waals surface area contributed by atoms with Crippen LogP contribution in [0.15, 0.2) is 42.5 Å². The van der Waals surface area contributed by atoms with E-state index in [1.54, 1.807) is 24.3 Å². The first-order valence-corrected chi connectivity index (χ1v) is 11.8. The van der Waals surface area contributed by atoms with Crippen LogP contribution in [0, 0.1) is 16.0 Å². The van der Waals surface area contributed by atoms with Crippen LogP contribution >= 0.6 is 22.9 Å². The molecule has 0 fully saturated rings. The fourth-order valence-corrected chi connectivity index (χ4v) is 5.59. The maximum Gasteiger partial charge on any atom is 0.270 e. The van der Waals surface area contributed by atoms with Crippen molar-refractivity contribution in [1.29, 1.82) is 0 Å². The molecule has 3 aromatic rings. The Morgan fingerprint density at radius 2 is 1.94 bits per heavy atom. The Labute approximate surface area is 205 Å². The summed E-state index contributed by atoms with van der Waals surface area (Å²) in [5.41, 5.74) is 1.54. The standard InChI is InChI=1S/C24H22ClN3O5S/c1-13-7-9-15-20(11-13)34-24(21(15)23(30)26-18-5-3-4-6-19(18)33-2)27-22(29)16-12-14(28(31)32)8-10-17(16)25/h3-6,8,10,12-13H,7,9,11H2,1-2H3,(H,26,30)(H,27,29)/t13-/m1/s1. The quantitative estimate of drug-likeness (QED) is 0.321. The molecule has 0 radical (unpaired) electrons. The number of hydrogen-bond donors (Lipinski definition) is 2. The van der Waals surface area contributed by atoms with Gasteiger partial charge in [0.25, 0.3) is 17.5 Å². The van der Waals surface area contributed by atoms with Gasteiger partial charge in [0, 0.05) is 17.0 Å². The van der Waals surface area contributed by atoms with E-state index in [4.69, 9.17) is 16.3 Å². The van der Waals surface area contributed by atoms with Crippen LogP contribution in [0.5, 0.6) is 5.75 Å². The van der Waals surface area contributed by atoms with Crippen molar-refractivity contribution in [3.63, 3.8) is 0 Å². The molecule has 1 aliphatic rings. The first-order valence-electron chi connectivity index (χ1n) is 10.6. The van der Waals surface area contributed by atoms with Gasteiger partial charge < -0.3 is 15.4 Å². The fourth-order valence-electron chi connectivity index (χ4n) is 3.98. The van der Waals surface area contributed by atoms with E-state index >= 15 is 0 Å². The number of rotatable bonds is 6. The van der Waals surface area contributed by atoms with E-state index in [0.717, 1.165) is 35.8 Å². The van der Waals surface area contributed by atoms with Crippen molar-refractivity contribution >= 4 is 51.1 Å². The monoisotopic (exact) mass is 499 g/mol. The lowest BCUT2D eigenvalue weighted by molar-refractivity contribution is -0.384. The largest absolute Gasteiger partial charge is 0.495 e. The highest BCUT2D eigenvalue weighted by Gasteiger charge is 2.29. The molecular formula is C24H22ClN3O5S. The van der Waals surface area contributed by atoms with Crippen LogP contribution in [0.4, 0.5) is 16.4 Å². The van der Waals surface area contributed by atoms with Crippen LogP contribution in [0.1, 0.15) is 44.5 Å². The minimum Gasteiger partial charge on any atom is -0.495 e. The molecule has 2 amide bonds. The number of fused-ring (bicyclic) bond motifs is 1. The van der Waals surface area contributed by atoms with Crippen LogP contribution in [0.3, 0.4) is 0 Å². The van der Waals surface area contributed by atoms with Crippen LogP contribution in [0.25, 0.3) is 0 Å². The number of nitro benzene ring substituents is 1. The van der Waals surface area contributed by atoms with Gasteiger partial charge in [-0.25, -0.2) is 0 Å². The second kappa shape index (κ2) is 9.82. The molecule has 0 bridgehead atoms. The minimum absolute atomic E-state index is 0.0355. The maximum atomic E-state index is 13.4. The lowest BCUT2D eigenvalue weighted by Crippen LogP contribution is -2.20. The second-order valence-electron chi connectivity index (χ2n) is 8.09. The van der Waals surface area contributed by atoms with Gasteiger partial charge in [-0.15, -0.1) is 11.3 Å². The van der Waals surface area contributed by atoms with Gasteiger partial charge in [-0.2, -0.15) is 0 Å². The number of hydrogen-bond acceptors (Lipinski definition) is 6. The Morgan fingerprint density at radius 1 is 1.18 bits per heavy atom. The first-order chi connectivity index (χ1) is 16.3. The molecule has 8 nitrogen and oxygen atoms in total. The number of benzene rings is 2. The average Bonchev–Trinajstić information content (AvgIpc) is 3.16. The highest BCUT2D eigenvalue weighted by atomic mass is 35.5. The number of amides is 2. The summed E-state index contributed by atoms with van der Waals surface area (Å²) >= 11 is 7.50. The maximum absolute atomic E-state index is 13.4. The molecule has 0 spiro atoms. The lowest BCUT2D eigenvalue weighted by Gasteiger charge is -2.19. The van der Waals surface area contributed by atoms with Gasteiger partial charge in [0.05, 0.1) is 33.9 Å². The van der Waals surface area contributed by atoms with Crippen molar-refractivity contribution in [2.75, 3.05) is 17.7 Å². The van der Waals surface area contributed by atoms with Gasteiger partial charge >= 0.3 is 0 Å². The molecule has 1 heterocycles. The number of para-hydroxylation sites is 2. The Bertz CT molecular complexity index is 1290. The summed E-state index contributed by atoms with van der Waals surface area (Å²) in [5, 5.41) is 17.3. The van der Waals surface area contributed by atoms with E-state index in [1.807, 2.05) is 0 Å². The number of anilines is 2. The molecular weight excluding hydrogens is 478 g/mol. The SMILES string of the molecule is COc1ccccc1NC(=O)c1c(NC(=O)c2cc([N+](=O)[O-])ccc2Cl)sc2c1CC[C@@H](C)C2. The van der Waals surface area contributed by atoms with Crippen LogP contribution < -0.4 is 15.4 Å². The second-order valence-corrected chi connectivity index (χ2v) is 9.60. The summed E-state index contributed by atoms with van der Waals surface area (Å²) in [5.74, 6) is -0.00254. The molecule has 1 aromatic heterocycles. The van der Waals surface area contributed by atoms with Gasteiger partial charge in [0.1, 0.15) is 10.8 Å². The predicted molar refractivity (Wildman–Crippen MR) is 133 cm³/mol. The van der Waals surface area contributed by atoms with E-state index in [9.17, 15) is 19.7 Å². The lowest BCUT2D eigenvalue weighted by atomic mass is 9.88. The molecule has 176 valence electrons. The number of non-ortho nitro benzene ring substituents is 1. The van der Waals surface area contributed by atoms with Gasteiger partial charge in [-0.05, 0) is 48.9 Å². The number of thiophene rings is 1. The van der Waals surface area contributed by atoms with E-state index in [0.29, 0.717) is 27.9 Å². The molecule has 0 unspecified atom stereocenters. The number of halogens is 1. The van der Waals surface area contributed by atoms with Gasteiger partial charge in [0.15, 0.2) is 0 Å². The summed E-state index contributed by atoms with van der Waals surface area (Å²) in [6, 6.07) is 10.7. The third kappa shape index (κ3) is 4.76. The number of carbonyl (C=O) groups is 2. The van der Waals surface area contributed by atoms with Crippen LogP contribution in [0.2, 0.25) is 5.02 Å². The summed E-state index contributed by atoms with van der Waals surface area (Å²) in [7, 11) is 1.52. The van der Waals surface area contributed by atoms with Crippen molar-refractivity contribution in [1.82, 2.24) is 0 Å². The van der Waals surface area contributed by atoms with Crippen LogP contribution in [-0.2, 0) is 12.8 Å². The molecule has 1 aliphatic carbocycles. The van der Waals surface area contributed by atoms with Gasteiger partial charge in [-0.1, -0.05) is 30.7 Å². The summed E-state index contributed by atoms with van der Waals surface area (Å²) in [6.07, 6.45) is 2.46. The molecule has 2 N–H and O–H groups in total. The molecule has 0 aliphatic heterocycles. The zero-order valence-electron chi connectivity index (χ0n) is 18.5. The Balaban J connectivity index is 1.70. The van der Waals surface area contributed by atoms with E-state index in [-0.39, 0.29) is 22.2 Å². The molecule has 0 saturated heterocycles. The van der Waals surface area contributed by atoms with Gasteiger partial charge in [0.2, 0.25) is 0 Å². The summed E-state index contributed by atoms with van der Waals surface area (Å²) in [4.78, 5) is 38.1. The van der Waals surface area contributed by atoms with Crippen molar-refractivity contribution in [3.8, 4) is 5.75 Å². The molecule has 2 aromatic carbocycles. The number of methoxy groups -OCH3 is 1. The highest BCUT2D eigenvalue weighted by molar-refractivity contribution is 7.17. The molecule has 1 atom stereocenters. The number of carbonyl (C=O) groups excluding carboxylic acids is 2. The van der Waals surface area contributed by atoms with Crippen LogP contribution in [-0.4, -0.2) is 23.8 Å². The van der Waals surface area contributed by atoms with E-state index < -0.39 is 10.8 Å². The first kappa shape index (κ1) is 23.7. The predicted octanol–water partition coefficient (Wildman–Crippen LogP) is 5.95. The zero-order valence-corrected chi connectivity index (χ0v) is 20.1. The van der Waals surface area contributed by atoms with Gasteiger partial charge in [-0.3, -0.25) is 19.7 Å². The molecule has 0 saturated carbocycles. The summed E-state index contributed by atoms with van der Waals surface area (Å²) in [6.45, 7) is 2.15. The number of nitro groups is 1. The van der Waals surface area contributed by atoms with Crippen molar-refractivity contribution in [2.24, 2.45) is 5.92 Å². The number of nitrogens with one attached hydrogen (secondary N) is 2. The normalized spacial score (nSPS) is 14.7. The Hall–Kier alpha value is -3.43. The third-order valence-corrected chi connectivity index (χ3v) is 7.23. The smallest absolute Gasteiger partial charge is 0.270 e. The molecule has 10 heteroatoms. The summed E-state index contributed by atoms with van der Waals surface area (Å²) < 4.78 is 5.34. The number of nitrogens with zero attached hydrogens (tertiary/aromatic N) is 1. The van der Waals surface area contributed by atoms with Crippen molar-refractivity contribution in [2.45, 2.75) is 26.2 Å².